The van der Waals surface area contributed by atoms with Gasteiger partial charge in [0, 0.05) is 20.6 Å². The van der Waals surface area contributed by atoms with Gasteiger partial charge in [0.2, 0.25) is 5.91 Å². The number of ether oxygens (including phenoxy) is 1. The molecule has 0 bridgehead atoms. The lowest BCUT2D eigenvalue weighted by Gasteiger charge is -2.26. The third-order valence-corrected chi connectivity index (χ3v) is 3.47. The van der Waals surface area contributed by atoms with Crippen LogP contribution in [-0.4, -0.2) is 54.9 Å². The fourth-order valence-corrected chi connectivity index (χ4v) is 2.38. The summed E-state index contributed by atoms with van der Waals surface area (Å²) >= 11 is 0. The van der Waals surface area contributed by atoms with Gasteiger partial charge in [0.25, 0.3) is 5.91 Å². The number of rotatable bonds is 4. The van der Waals surface area contributed by atoms with E-state index in [9.17, 15) is 14.0 Å². The van der Waals surface area contributed by atoms with Crippen LogP contribution in [0.4, 0.5) is 4.39 Å². The Morgan fingerprint density at radius 1 is 1.33 bits per heavy atom. The summed E-state index contributed by atoms with van der Waals surface area (Å²) in [4.78, 5) is 27.3. The number of benzene rings is 1. The van der Waals surface area contributed by atoms with Gasteiger partial charge < -0.3 is 14.5 Å². The molecule has 1 aliphatic heterocycles. The lowest BCUT2D eigenvalue weighted by molar-refractivity contribution is -0.143. The van der Waals surface area contributed by atoms with E-state index in [-0.39, 0.29) is 24.2 Å². The van der Waals surface area contributed by atoms with E-state index in [2.05, 4.69) is 0 Å². The second kappa shape index (κ2) is 6.56. The maximum Gasteiger partial charge on any atom is 0.261 e. The van der Waals surface area contributed by atoms with Crippen molar-refractivity contribution in [1.82, 2.24) is 9.80 Å². The molecule has 0 saturated carbocycles. The summed E-state index contributed by atoms with van der Waals surface area (Å²) in [7, 11) is 3.36. The number of hydrogen-bond donors (Lipinski definition) is 0. The molecule has 0 N–H and O–H groups in total. The van der Waals surface area contributed by atoms with E-state index in [0.29, 0.717) is 18.7 Å². The smallest absolute Gasteiger partial charge is 0.261 e. The monoisotopic (exact) mass is 294 g/mol. The fraction of sp³-hybridized carbons (Fsp3) is 0.467. The van der Waals surface area contributed by atoms with Crippen LogP contribution in [0.15, 0.2) is 24.3 Å². The van der Waals surface area contributed by atoms with Crippen molar-refractivity contribution in [3.63, 3.8) is 0 Å². The zero-order chi connectivity index (χ0) is 15.4. The van der Waals surface area contributed by atoms with E-state index < -0.39 is 6.04 Å². The third kappa shape index (κ3) is 3.71. The van der Waals surface area contributed by atoms with Crippen LogP contribution < -0.4 is 4.74 Å². The van der Waals surface area contributed by atoms with Crippen LogP contribution >= 0.6 is 0 Å². The SMILES string of the molecule is CN(C)C(=O)C1CCCN1C(=O)COc1ccc(F)cc1. The highest BCUT2D eigenvalue weighted by molar-refractivity contribution is 5.88. The summed E-state index contributed by atoms with van der Waals surface area (Å²) in [5.41, 5.74) is 0. The van der Waals surface area contributed by atoms with Gasteiger partial charge in [-0.2, -0.15) is 0 Å². The summed E-state index contributed by atoms with van der Waals surface area (Å²) in [5, 5.41) is 0. The number of carbonyl (C=O) groups excluding carboxylic acids is 2. The molecule has 2 amide bonds. The normalized spacial score (nSPS) is 17.7. The molecule has 114 valence electrons. The first-order valence-electron chi connectivity index (χ1n) is 6.88. The molecule has 1 fully saturated rings. The number of halogens is 1. The number of carbonyl (C=O) groups is 2. The number of hydrogen-bond acceptors (Lipinski definition) is 3. The van der Waals surface area contributed by atoms with Crippen LogP contribution in [0, 0.1) is 5.82 Å². The summed E-state index contributed by atoms with van der Waals surface area (Å²) in [6.45, 7) is 0.415. The number of likely N-dealkylation sites (tertiary alicyclic amines) is 1. The molecule has 2 rings (SSSR count). The lowest BCUT2D eigenvalue weighted by Crippen LogP contribution is -2.46. The first-order chi connectivity index (χ1) is 9.99. The van der Waals surface area contributed by atoms with E-state index in [1.54, 1.807) is 19.0 Å². The molecule has 6 heteroatoms. The molecule has 5 nitrogen and oxygen atoms in total. The predicted molar refractivity (Wildman–Crippen MR) is 75.3 cm³/mol. The average molecular weight is 294 g/mol. The highest BCUT2D eigenvalue weighted by atomic mass is 19.1. The molecule has 1 unspecified atom stereocenters. The highest BCUT2D eigenvalue weighted by Crippen LogP contribution is 2.19. The first kappa shape index (κ1) is 15.3. The van der Waals surface area contributed by atoms with Crippen molar-refractivity contribution in [2.24, 2.45) is 0 Å². The van der Waals surface area contributed by atoms with E-state index in [1.165, 1.54) is 29.2 Å². The topological polar surface area (TPSA) is 49.9 Å². The van der Waals surface area contributed by atoms with Crippen molar-refractivity contribution in [2.45, 2.75) is 18.9 Å². The van der Waals surface area contributed by atoms with Gasteiger partial charge in [-0.3, -0.25) is 9.59 Å². The Morgan fingerprint density at radius 3 is 2.62 bits per heavy atom. The predicted octanol–water partition coefficient (Wildman–Crippen LogP) is 1.28. The fourth-order valence-electron chi connectivity index (χ4n) is 2.38. The molecular weight excluding hydrogens is 275 g/mol. The molecule has 1 heterocycles. The van der Waals surface area contributed by atoms with Crippen molar-refractivity contribution in [2.75, 3.05) is 27.2 Å². The molecule has 0 spiro atoms. The minimum atomic E-state index is -0.399. The zero-order valence-corrected chi connectivity index (χ0v) is 12.2. The second-order valence-corrected chi connectivity index (χ2v) is 5.22. The molecule has 0 aliphatic carbocycles. The molecule has 1 aliphatic rings. The van der Waals surface area contributed by atoms with Gasteiger partial charge in [0.05, 0.1) is 0 Å². The van der Waals surface area contributed by atoms with Crippen molar-refractivity contribution < 1.29 is 18.7 Å². The quantitative estimate of drug-likeness (QED) is 0.840. The molecule has 0 radical (unpaired) electrons. The zero-order valence-electron chi connectivity index (χ0n) is 12.2. The lowest BCUT2D eigenvalue weighted by atomic mass is 10.2. The van der Waals surface area contributed by atoms with E-state index in [1.807, 2.05) is 0 Å². The maximum atomic E-state index is 12.8. The first-order valence-corrected chi connectivity index (χ1v) is 6.88. The Hall–Kier alpha value is -2.11. The largest absolute Gasteiger partial charge is 0.484 e. The van der Waals surface area contributed by atoms with Crippen molar-refractivity contribution in [3.8, 4) is 5.75 Å². The van der Waals surface area contributed by atoms with Gasteiger partial charge in [-0.15, -0.1) is 0 Å². The molecule has 1 aromatic carbocycles. The standard InChI is InChI=1S/C15H19FN2O3/c1-17(2)15(20)13-4-3-9-18(13)14(19)10-21-12-7-5-11(16)6-8-12/h5-8,13H,3-4,9-10H2,1-2H3. The van der Waals surface area contributed by atoms with Gasteiger partial charge in [-0.25, -0.2) is 4.39 Å². The van der Waals surface area contributed by atoms with Gasteiger partial charge in [-0.1, -0.05) is 0 Å². The van der Waals surface area contributed by atoms with Crippen molar-refractivity contribution in [1.29, 1.82) is 0 Å². The second-order valence-electron chi connectivity index (χ2n) is 5.22. The van der Waals surface area contributed by atoms with Crippen LogP contribution in [0.2, 0.25) is 0 Å². The van der Waals surface area contributed by atoms with Crippen LogP contribution in [-0.2, 0) is 9.59 Å². The molecule has 1 aromatic rings. The van der Waals surface area contributed by atoms with Gasteiger partial charge in [-0.05, 0) is 37.1 Å². The van der Waals surface area contributed by atoms with E-state index in [4.69, 9.17) is 4.74 Å². The summed E-state index contributed by atoms with van der Waals surface area (Å²) in [6, 6.07) is 5.08. The molecule has 1 saturated heterocycles. The molecular formula is C15H19FN2O3. The van der Waals surface area contributed by atoms with Crippen molar-refractivity contribution >= 4 is 11.8 Å². The highest BCUT2D eigenvalue weighted by Gasteiger charge is 2.34. The number of likely N-dealkylation sites (N-methyl/N-ethyl adjacent to an activating group) is 1. The molecule has 21 heavy (non-hydrogen) atoms. The third-order valence-electron chi connectivity index (χ3n) is 3.47. The van der Waals surface area contributed by atoms with E-state index >= 15 is 0 Å². The van der Waals surface area contributed by atoms with E-state index in [0.717, 1.165) is 6.42 Å². The maximum absolute atomic E-state index is 12.8. The number of nitrogens with zero attached hydrogens (tertiary/aromatic N) is 2. The molecule has 1 atom stereocenters. The minimum Gasteiger partial charge on any atom is -0.484 e. The van der Waals surface area contributed by atoms with Crippen LogP contribution in [0.25, 0.3) is 0 Å². The Bertz CT molecular complexity index is 516. The van der Waals surface area contributed by atoms with Gasteiger partial charge in [0.1, 0.15) is 17.6 Å². The van der Waals surface area contributed by atoms with Crippen LogP contribution in [0.1, 0.15) is 12.8 Å². The van der Waals surface area contributed by atoms with Crippen LogP contribution in [0.3, 0.4) is 0 Å². The Kier molecular flexibility index (Phi) is 4.77. The van der Waals surface area contributed by atoms with Gasteiger partial charge >= 0.3 is 0 Å². The summed E-state index contributed by atoms with van der Waals surface area (Å²) in [6.07, 6.45) is 1.49. The Morgan fingerprint density at radius 2 is 2.00 bits per heavy atom. The number of amides is 2. The van der Waals surface area contributed by atoms with Gasteiger partial charge in [0.15, 0.2) is 6.61 Å². The van der Waals surface area contributed by atoms with Crippen LogP contribution in [0.5, 0.6) is 5.75 Å². The van der Waals surface area contributed by atoms with Crippen molar-refractivity contribution in [3.05, 3.63) is 30.1 Å². The molecule has 0 aromatic heterocycles. The summed E-state index contributed by atoms with van der Waals surface area (Å²) in [5.74, 6) is -0.219. The Balaban J connectivity index is 1.93. The Labute approximate surface area is 123 Å². The summed E-state index contributed by atoms with van der Waals surface area (Å²) < 4.78 is 18.1. The average Bonchev–Trinajstić information content (AvgIpc) is 2.94. The minimum absolute atomic E-state index is 0.0670.